The minimum Gasteiger partial charge on any atom is -0.334 e. The Kier molecular flexibility index (Phi) is 4.51. The molecule has 0 atom stereocenters. The lowest BCUT2D eigenvalue weighted by molar-refractivity contribution is -0.128. The molecule has 1 heterocycles. The van der Waals surface area contributed by atoms with Crippen LogP contribution in [0, 0.1) is 0 Å². The quantitative estimate of drug-likeness (QED) is 0.772. The number of amides is 1. The Bertz CT molecular complexity index is 859. The van der Waals surface area contributed by atoms with Crippen LogP contribution >= 0.6 is 0 Å². The summed E-state index contributed by atoms with van der Waals surface area (Å²) in [5.41, 5.74) is 1.48. The Morgan fingerprint density at radius 1 is 1.04 bits per heavy atom. The van der Waals surface area contributed by atoms with Gasteiger partial charge in [-0.05, 0) is 36.4 Å². The molecule has 1 amide bonds. The summed E-state index contributed by atoms with van der Waals surface area (Å²) in [6.07, 6.45) is -5.66. The van der Waals surface area contributed by atoms with Crippen LogP contribution in [0.4, 0.5) is 18.9 Å². The van der Waals surface area contributed by atoms with E-state index in [9.17, 15) is 18.0 Å². The number of carbonyl (C=O) groups excluding carboxylic acids is 1. The molecule has 2 aromatic carbocycles. The highest BCUT2D eigenvalue weighted by Gasteiger charge is 2.30. The van der Waals surface area contributed by atoms with Gasteiger partial charge in [-0.2, -0.15) is 18.2 Å². The van der Waals surface area contributed by atoms with Gasteiger partial charge in [0.1, 0.15) is 6.42 Å². The van der Waals surface area contributed by atoms with Gasteiger partial charge in [0, 0.05) is 16.8 Å². The van der Waals surface area contributed by atoms with Crippen LogP contribution in [0.5, 0.6) is 0 Å². The zero-order valence-corrected chi connectivity index (χ0v) is 12.7. The van der Waals surface area contributed by atoms with Gasteiger partial charge in [-0.25, -0.2) is 0 Å². The van der Waals surface area contributed by atoms with E-state index in [0.29, 0.717) is 16.8 Å². The number of nitrogens with one attached hydrogen (secondary N) is 1. The van der Waals surface area contributed by atoms with Crippen molar-refractivity contribution in [2.24, 2.45) is 0 Å². The fourth-order valence-corrected chi connectivity index (χ4v) is 2.11. The molecule has 25 heavy (non-hydrogen) atoms. The van der Waals surface area contributed by atoms with Gasteiger partial charge in [-0.1, -0.05) is 23.4 Å². The molecule has 8 heteroatoms. The first-order chi connectivity index (χ1) is 11.9. The molecule has 1 N–H and O–H groups in total. The first-order valence-corrected chi connectivity index (χ1v) is 7.27. The van der Waals surface area contributed by atoms with Crippen LogP contribution in [0.3, 0.4) is 0 Å². The highest BCUT2D eigenvalue weighted by atomic mass is 19.4. The highest BCUT2D eigenvalue weighted by molar-refractivity contribution is 6.04. The van der Waals surface area contributed by atoms with Gasteiger partial charge in [-0.3, -0.25) is 4.79 Å². The minimum absolute atomic E-state index is 0.0331. The molecule has 128 valence electrons. The molecule has 0 radical (unpaired) electrons. The molecule has 0 bridgehead atoms. The van der Waals surface area contributed by atoms with Crippen molar-refractivity contribution in [1.82, 2.24) is 10.1 Å². The van der Waals surface area contributed by atoms with Gasteiger partial charge in [0.2, 0.25) is 0 Å². The second-order valence-electron chi connectivity index (χ2n) is 5.21. The molecule has 3 rings (SSSR count). The van der Waals surface area contributed by atoms with Crippen LogP contribution in [0.2, 0.25) is 0 Å². The maximum atomic E-state index is 12.3. The van der Waals surface area contributed by atoms with E-state index in [2.05, 4.69) is 15.5 Å². The number of hydrogen-bond donors (Lipinski definition) is 1. The van der Waals surface area contributed by atoms with Crippen LogP contribution in [-0.4, -0.2) is 22.2 Å². The van der Waals surface area contributed by atoms with E-state index in [4.69, 9.17) is 4.52 Å². The summed E-state index contributed by atoms with van der Waals surface area (Å²) in [4.78, 5) is 15.8. The molecule has 0 aliphatic heterocycles. The van der Waals surface area contributed by atoms with Gasteiger partial charge >= 0.3 is 6.18 Å². The van der Waals surface area contributed by atoms with Gasteiger partial charge in [0.25, 0.3) is 11.8 Å². The molecule has 5 nitrogen and oxygen atoms in total. The van der Waals surface area contributed by atoms with E-state index in [-0.39, 0.29) is 11.8 Å². The third-order valence-electron chi connectivity index (χ3n) is 3.25. The van der Waals surface area contributed by atoms with Crippen molar-refractivity contribution in [2.45, 2.75) is 12.6 Å². The Labute approximate surface area is 140 Å². The lowest BCUT2D eigenvalue weighted by Gasteiger charge is -2.05. The Balaban J connectivity index is 1.71. The molecule has 0 unspecified atom stereocenters. The zero-order valence-electron chi connectivity index (χ0n) is 12.7. The molecule has 0 aliphatic rings. The maximum Gasteiger partial charge on any atom is 0.396 e. The summed E-state index contributed by atoms with van der Waals surface area (Å²) in [5.74, 6) is -0.774. The predicted octanol–water partition coefficient (Wildman–Crippen LogP) is 4.09. The average molecular weight is 347 g/mol. The van der Waals surface area contributed by atoms with E-state index in [0.717, 1.165) is 0 Å². The van der Waals surface area contributed by atoms with Crippen molar-refractivity contribution in [1.29, 1.82) is 0 Å². The largest absolute Gasteiger partial charge is 0.396 e. The third kappa shape index (κ3) is 4.43. The van der Waals surface area contributed by atoms with Gasteiger partial charge in [0.05, 0.1) is 0 Å². The normalized spacial score (nSPS) is 11.3. The summed E-state index contributed by atoms with van der Waals surface area (Å²) in [6.45, 7) is 0. The predicted molar refractivity (Wildman–Crippen MR) is 83.9 cm³/mol. The molecular formula is C17H12F3N3O2. The van der Waals surface area contributed by atoms with E-state index in [1.54, 1.807) is 24.3 Å². The minimum atomic E-state index is -4.40. The van der Waals surface area contributed by atoms with Crippen LogP contribution in [0.25, 0.3) is 11.5 Å². The smallest absolute Gasteiger partial charge is 0.334 e. The summed E-state index contributed by atoms with van der Waals surface area (Å²) < 4.78 is 41.8. The standard InChI is InChI=1S/C17H12F3N3O2/c18-17(19,20)10-14-22-16(25-23-14)12-8-6-11(7-9-12)15(24)21-13-4-2-1-3-5-13/h1-9H,10H2,(H,21,24). The number of halogens is 3. The number of rotatable bonds is 4. The van der Waals surface area contributed by atoms with Gasteiger partial charge in [-0.15, -0.1) is 0 Å². The van der Waals surface area contributed by atoms with Gasteiger partial charge < -0.3 is 9.84 Å². The molecule has 3 aromatic rings. The van der Waals surface area contributed by atoms with Crippen molar-refractivity contribution in [3.8, 4) is 11.5 Å². The van der Waals surface area contributed by atoms with Crippen molar-refractivity contribution in [2.75, 3.05) is 5.32 Å². The molecule has 0 saturated carbocycles. The molecule has 0 saturated heterocycles. The molecule has 0 aliphatic carbocycles. The number of benzene rings is 2. The summed E-state index contributed by atoms with van der Waals surface area (Å²) >= 11 is 0. The topological polar surface area (TPSA) is 68.0 Å². The first kappa shape index (κ1) is 16.7. The number of hydrogen-bond acceptors (Lipinski definition) is 4. The summed E-state index contributed by atoms with van der Waals surface area (Å²) in [6, 6.07) is 15.1. The van der Waals surface area contributed by atoms with Crippen molar-refractivity contribution < 1.29 is 22.5 Å². The molecule has 0 spiro atoms. The monoisotopic (exact) mass is 347 g/mol. The summed E-state index contributed by atoms with van der Waals surface area (Å²) in [7, 11) is 0. The Hall–Kier alpha value is -3.16. The van der Waals surface area contributed by atoms with E-state index in [1.165, 1.54) is 24.3 Å². The molecule has 1 aromatic heterocycles. The number of aromatic nitrogens is 2. The summed E-state index contributed by atoms with van der Waals surface area (Å²) in [5, 5.41) is 6.04. The fraction of sp³-hybridized carbons (Fsp3) is 0.118. The number of nitrogens with zero attached hydrogens (tertiary/aromatic N) is 2. The number of alkyl halides is 3. The SMILES string of the molecule is O=C(Nc1ccccc1)c1ccc(-c2nc(CC(F)(F)F)no2)cc1. The second kappa shape index (κ2) is 6.76. The van der Waals surface area contributed by atoms with Crippen molar-refractivity contribution in [3.63, 3.8) is 0 Å². The maximum absolute atomic E-state index is 12.3. The Morgan fingerprint density at radius 2 is 1.72 bits per heavy atom. The van der Waals surface area contributed by atoms with Crippen molar-refractivity contribution in [3.05, 3.63) is 66.0 Å². The fourth-order valence-electron chi connectivity index (χ4n) is 2.11. The number of carbonyl (C=O) groups is 1. The number of para-hydroxylation sites is 1. The van der Waals surface area contributed by atoms with Crippen LogP contribution in [0.1, 0.15) is 16.2 Å². The van der Waals surface area contributed by atoms with Crippen molar-refractivity contribution >= 4 is 11.6 Å². The van der Waals surface area contributed by atoms with E-state index >= 15 is 0 Å². The zero-order chi connectivity index (χ0) is 17.9. The number of anilines is 1. The third-order valence-corrected chi connectivity index (χ3v) is 3.25. The first-order valence-electron chi connectivity index (χ1n) is 7.27. The van der Waals surface area contributed by atoms with Crippen LogP contribution < -0.4 is 5.32 Å². The van der Waals surface area contributed by atoms with E-state index < -0.39 is 18.4 Å². The van der Waals surface area contributed by atoms with Crippen LogP contribution in [0.15, 0.2) is 59.1 Å². The Morgan fingerprint density at radius 3 is 2.36 bits per heavy atom. The second-order valence-corrected chi connectivity index (χ2v) is 5.21. The van der Waals surface area contributed by atoms with E-state index in [1.807, 2.05) is 6.07 Å². The molecule has 0 fully saturated rings. The highest BCUT2D eigenvalue weighted by Crippen LogP contribution is 2.23. The van der Waals surface area contributed by atoms with Crippen LogP contribution in [-0.2, 0) is 6.42 Å². The lowest BCUT2D eigenvalue weighted by Crippen LogP contribution is -2.12. The lowest BCUT2D eigenvalue weighted by atomic mass is 10.1. The van der Waals surface area contributed by atoms with Gasteiger partial charge in [0.15, 0.2) is 5.82 Å². The molecular weight excluding hydrogens is 335 g/mol. The average Bonchev–Trinajstić information content (AvgIpc) is 3.02.